The van der Waals surface area contributed by atoms with Gasteiger partial charge in [0.05, 0.1) is 0 Å². The average Bonchev–Trinajstić information content (AvgIpc) is 1.89. The molecule has 0 aliphatic carbocycles. The van der Waals surface area contributed by atoms with Gasteiger partial charge in [-0.25, -0.2) is 0 Å². The molecule has 0 N–H and O–H groups in total. The smallest absolute Gasteiger partial charge is 0.0323 e. The van der Waals surface area contributed by atoms with E-state index in [0.29, 0.717) is 0 Å². The fourth-order valence-electron chi connectivity index (χ4n) is 0.798. The minimum atomic E-state index is 1.30. The minimum Gasteiger partial charge on any atom is -0.0887 e. The first-order valence-electron chi connectivity index (χ1n) is 3.93. The monoisotopic (exact) mass is 126 g/mol. The Hall–Kier alpha value is -0.260. The van der Waals surface area contributed by atoms with Crippen molar-refractivity contribution >= 4 is 0 Å². The molecule has 0 aliphatic heterocycles. The lowest BCUT2D eigenvalue weighted by Gasteiger charge is -1.96. The third-order valence-electron chi connectivity index (χ3n) is 1.67. The molecule has 0 heteroatoms. The van der Waals surface area contributed by atoms with Gasteiger partial charge in [-0.2, -0.15) is 0 Å². The summed E-state index contributed by atoms with van der Waals surface area (Å²) in [6.45, 7) is 6.56. The van der Waals surface area contributed by atoms with Crippen LogP contribution in [0.1, 0.15) is 46.5 Å². The molecule has 0 fully saturated rings. The molecule has 0 nitrogen and oxygen atoms in total. The van der Waals surface area contributed by atoms with E-state index >= 15 is 0 Å². The van der Waals surface area contributed by atoms with Crippen LogP contribution < -0.4 is 0 Å². The molecule has 0 aromatic carbocycles. The topological polar surface area (TPSA) is 0 Å². The van der Waals surface area contributed by atoms with Gasteiger partial charge < -0.3 is 0 Å². The molecular formula is C9H18. The van der Waals surface area contributed by atoms with Gasteiger partial charge in [-0.15, -0.1) is 0 Å². The molecule has 0 amide bonds. The van der Waals surface area contributed by atoms with Gasteiger partial charge in [0.1, 0.15) is 0 Å². The number of allylic oxidation sites excluding steroid dienone is 2. The van der Waals surface area contributed by atoms with Crippen molar-refractivity contribution < 1.29 is 0 Å². The van der Waals surface area contributed by atoms with Crippen molar-refractivity contribution in [1.82, 2.24) is 0 Å². The van der Waals surface area contributed by atoms with Crippen molar-refractivity contribution in [2.75, 3.05) is 0 Å². The predicted octanol–water partition coefficient (Wildman–Crippen LogP) is 3.53. The molecule has 0 aliphatic rings. The minimum absolute atomic E-state index is 1.30. The van der Waals surface area contributed by atoms with Gasteiger partial charge in [0.2, 0.25) is 0 Å². The van der Waals surface area contributed by atoms with Crippen LogP contribution >= 0.6 is 0 Å². The summed E-state index contributed by atoms with van der Waals surface area (Å²) in [7, 11) is 0. The average molecular weight is 126 g/mol. The molecule has 0 rings (SSSR count). The van der Waals surface area contributed by atoms with Crippen LogP contribution in [0, 0.1) is 0 Å². The summed E-state index contributed by atoms with van der Waals surface area (Å²) < 4.78 is 0. The van der Waals surface area contributed by atoms with Crippen LogP contribution in [-0.2, 0) is 0 Å². The SMILES string of the molecule is C/C=C(\C)CCCCC. The maximum absolute atomic E-state index is 2.24. The molecule has 0 saturated carbocycles. The lowest BCUT2D eigenvalue weighted by Crippen LogP contribution is -1.76. The van der Waals surface area contributed by atoms with Gasteiger partial charge >= 0.3 is 0 Å². The molecule has 0 unspecified atom stereocenters. The molecule has 0 aromatic rings. The first-order chi connectivity index (χ1) is 4.31. The molecule has 0 saturated heterocycles. The molecule has 9 heavy (non-hydrogen) atoms. The highest BCUT2D eigenvalue weighted by Gasteiger charge is 1.86. The van der Waals surface area contributed by atoms with Crippen molar-refractivity contribution in [2.45, 2.75) is 46.5 Å². The fraction of sp³-hybridized carbons (Fsp3) is 0.778. The van der Waals surface area contributed by atoms with E-state index in [0.717, 1.165) is 0 Å². The summed E-state index contributed by atoms with van der Waals surface area (Å²) >= 11 is 0. The number of hydrogen-bond acceptors (Lipinski definition) is 0. The summed E-state index contributed by atoms with van der Waals surface area (Å²) in [6.07, 6.45) is 7.58. The lowest BCUT2D eigenvalue weighted by atomic mass is 10.1. The van der Waals surface area contributed by atoms with Gasteiger partial charge in [-0.05, 0) is 26.7 Å². The van der Waals surface area contributed by atoms with Gasteiger partial charge in [0.15, 0.2) is 0 Å². The van der Waals surface area contributed by atoms with Gasteiger partial charge in [-0.1, -0.05) is 31.4 Å². The molecule has 0 spiro atoms. The Morgan fingerprint density at radius 1 is 1.33 bits per heavy atom. The van der Waals surface area contributed by atoms with E-state index < -0.39 is 0 Å². The normalized spacial score (nSPS) is 12.1. The van der Waals surface area contributed by atoms with Crippen LogP contribution in [0.2, 0.25) is 0 Å². The highest BCUT2D eigenvalue weighted by Crippen LogP contribution is 2.06. The van der Waals surface area contributed by atoms with E-state index in [2.05, 4.69) is 26.8 Å². The van der Waals surface area contributed by atoms with Crippen molar-refractivity contribution in [3.05, 3.63) is 11.6 Å². The summed E-state index contributed by atoms with van der Waals surface area (Å²) in [4.78, 5) is 0. The van der Waals surface area contributed by atoms with Crippen molar-refractivity contribution in [1.29, 1.82) is 0 Å². The molecule has 0 bridgehead atoms. The second-order valence-corrected chi connectivity index (χ2v) is 2.59. The molecule has 0 atom stereocenters. The lowest BCUT2D eigenvalue weighted by molar-refractivity contribution is 0.713. The fourth-order valence-corrected chi connectivity index (χ4v) is 0.798. The Bertz CT molecular complexity index is 80.0. The second kappa shape index (κ2) is 5.87. The van der Waals surface area contributed by atoms with Crippen LogP contribution in [0.5, 0.6) is 0 Å². The molecule has 54 valence electrons. The molecule has 0 heterocycles. The molecule has 0 aromatic heterocycles. The van der Waals surface area contributed by atoms with E-state index in [1.807, 2.05) is 0 Å². The molecular weight excluding hydrogens is 108 g/mol. The van der Waals surface area contributed by atoms with Crippen LogP contribution in [0.4, 0.5) is 0 Å². The Morgan fingerprint density at radius 3 is 2.44 bits per heavy atom. The highest BCUT2D eigenvalue weighted by atomic mass is 13.9. The Kier molecular flexibility index (Phi) is 5.70. The van der Waals surface area contributed by atoms with Gasteiger partial charge in [0.25, 0.3) is 0 Å². The van der Waals surface area contributed by atoms with Crippen molar-refractivity contribution in [3.8, 4) is 0 Å². The first-order valence-corrected chi connectivity index (χ1v) is 3.93. The van der Waals surface area contributed by atoms with Crippen LogP contribution in [-0.4, -0.2) is 0 Å². The van der Waals surface area contributed by atoms with Crippen LogP contribution in [0.3, 0.4) is 0 Å². The van der Waals surface area contributed by atoms with Crippen molar-refractivity contribution in [2.24, 2.45) is 0 Å². The predicted molar refractivity (Wildman–Crippen MR) is 43.6 cm³/mol. The van der Waals surface area contributed by atoms with E-state index in [1.165, 1.54) is 31.3 Å². The highest BCUT2D eigenvalue weighted by molar-refractivity contribution is 4.94. The first kappa shape index (κ1) is 8.74. The maximum Gasteiger partial charge on any atom is -0.0323 e. The van der Waals surface area contributed by atoms with E-state index in [1.54, 1.807) is 0 Å². The summed E-state index contributed by atoms with van der Waals surface area (Å²) in [5, 5.41) is 0. The number of unbranched alkanes of at least 4 members (excludes halogenated alkanes) is 2. The number of rotatable bonds is 4. The quantitative estimate of drug-likeness (QED) is 0.399. The number of hydrogen-bond donors (Lipinski definition) is 0. The second-order valence-electron chi connectivity index (χ2n) is 2.59. The zero-order chi connectivity index (χ0) is 7.11. The van der Waals surface area contributed by atoms with E-state index in [-0.39, 0.29) is 0 Å². The summed E-state index contributed by atoms with van der Waals surface area (Å²) in [5.74, 6) is 0. The summed E-state index contributed by atoms with van der Waals surface area (Å²) in [5.41, 5.74) is 1.53. The summed E-state index contributed by atoms with van der Waals surface area (Å²) in [6, 6.07) is 0. The van der Waals surface area contributed by atoms with Crippen molar-refractivity contribution in [3.63, 3.8) is 0 Å². The van der Waals surface area contributed by atoms with Gasteiger partial charge in [0, 0.05) is 0 Å². The standard InChI is InChI=1S/C9H18/c1-4-6-7-8-9(3)5-2/h5H,4,6-8H2,1-3H3/b9-5+. The van der Waals surface area contributed by atoms with Crippen LogP contribution in [0.25, 0.3) is 0 Å². The zero-order valence-electron chi connectivity index (χ0n) is 6.91. The third-order valence-corrected chi connectivity index (χ3v) is 1.67. The zero-order valence-corrected chi connectivity index (χ0v) is 6.91. The molecule has 0 radical (unpaired) electrons. The van der Waals surface area contributed by atoms with E-state index in [4.69, 9.17) is 0 Å². The van der Waals surface area contributed by atoms with Crippen LogP contribution in [0.15, 0.2) is 11.6 Å². The Morgan fingerprint density at radius 2 is 2.00 bits per heavy atom. The Balaban J connectivity index is 3.07. The van der Waals surface area contributed by atoms with Gasteiger partial charge in [-0.3, -0.25) is 0 Å². The Labute approximate surface area is 59.0 Å². The van der Waals surface area contributed by atoms with E-state index in [9.17, 15) is 0 Å². The largest absolute Gasteiger partial charge is 0.0887 e. The third kappa shape index (κ3) is 5.61. The maximum atomic E-state index is 2.24.